The molecule has 0 aromatic carbocycles. The van der Waals surface area contributed by atoms with Gasteiger partial charge in [-0.15, -0.1) is 0 Å². The van der Waals surface area contributed by atoms with Crippen molar-refractivity contribution < 1.29 is 38.1 Å². The highest BCUT2D eigenvalue weighted by Crippen LogP contribution is 2.63. The number of ether oxygens (including phenoxy) is 5. The van der Waals surface area contributed by atoms with E-state index in [1.165, 1.54) is 6.42 Å². The van der Waals surface area contributed by atoms with Crippen molar-refractivity contribution in [3.05, 3.63) is 0 Å². The van der Waals surface area contributed by atoms with Gasteiger partial charge in [0.05, 0.1) is 43.7 Å². The number of rotatable bonds is 14. The molecule has 0 heterocycles. The summed E-state index contributed by atoms with van der Waals surface area (Å²) in [4.78, 5) is 38.8. The van der Waals surface area contributed by atoms with E-state index in [1.54, 1.807) is 27.9 Å². The molecule has 2 saturated carbocycles. The van der Waals surface area contributed by atoms with Crippen LogP contribution in [-0.4, -0.2) is 57.2 Å². The molecule has 0 bridgehead atoms. The summed E-state index contributed by atoms with van der Waals surface area (Å²) in [6.07, 6.45) is 6.25. The lowest BCUT2D eigenvalue weighted by Crippen LogP contribution is -2.58. The molecule has 0 aliphatic heterocycles. The van der Waals surface area contributed by atoms with E-state index in [0.29, 0.717) is 18.8 Å². The van der Waals surface area contributed by atoms with E-state index in [4.69, 9.17) is 23.7 Å². The van der Waals surface area contributed by atoms with Crippen molar-refractivity contribution in [3.63, 3.8) is 0 Å². The van der Waals surface area contributed by atoms with E-state index in [-0.39, 0.29) is 49.8 Å². The Kier molecular flexibility index (Phi) is 12.1. The van der Waals surface area contributed by atoms with Gasteiger partial charge in [-0.05, 0) is 88.9 Å². The third-order valence-corrected chi connectivity index (χ3v) is 9.37. The quantitative estimate of drug-likeness (QED) is 0.157. The molecule has 2 fully saturated rings. The number of methoxy groups -OCH3 is 1. The minimum absolute atomic E-state index is 0.00225. The molecule has 0 saturated heterocycles. The third-order valence-electron chi connectivity index (χ3n) is 9.37. The third kappa shape index (κ3) is 7.50. The first kappa shape index (κ1) is 32.5. The molecule has 2 aliphatic rings. The Morgan fingerprint density at radius 2 is 1.45 bits per heavy atom. The molecule has 0 aromatic rings. The standard InChI is InChI=1S/C30H52O8/c1-9-35-25(31)19-22(27(33)37-11-3)21(26(32)36-10-2)13-14-24-29(6)17-12-16-28(4,5)23(29)15-18-30(24,7)38-20-34-8/h21-24H,9-20H2,1-8H3/t21?,22?,23?,24-,29+,30-/m1/s1. The second kappa shape index (κ2) is 14.1. The molecule has 0 amide bonds. The van der Waals surface area contributed by atoms with Crippen molar-refractivity contribution in [2.75, 3.05) is 33.7 Å². The first-order valence-corrected chi connectivity index (χ1v) is 14.5. The van der Waals surface area contributed by atoms with E-state index in [1.807, 2.05) is 0 Å². The zero-order valence-electron chi connectivity index (χ0n) is 25.1. The fraction of sp³-hybridized carbons (Fsp3) is 0.900. The van der Waals surface area contributed by atoms with Gasteiger partial charge in [0, 0.05) is 7.11 Å². The minimum Gasteiger partial charge on any atom is -0.466 e. The van der Waals surface area contributed by atoms with Crippen molar-refractivity contribution in [2.24, 2.45) is 34.5 Å². The van der Waals surface area contributed by atoms with Crippen molar-refractivity contribution in [2.45, 2.75) is 105 Å². The largest absolute Gasteiger partial charge is 0.466 e. The summed E-state index contributed by atoms with van der Waals surface area (Å²) in [7, 11) is 1.63. The molecule has 0 N–H and O–H groups in total. The van der Waals surface area contributed by atoms with E-state index >= 15 is 0 Å². The highest BCUT2D eigenvalue weighted by molar-refractivity contribution is 5.86. The van der Waals surface area contributed by atoms with Gasteiger partial charge < -0.3 is 23.7 Å². The Morgan fingerprint density at radius 1 is 0.842 bits per heavy atom. The average Bonchev–Trinajstić information content (AvgIpc) is 2.83. The summed E-state index contributed by atoms with van der Waals surface area (Å²) in [5, 5.41) is 0. The minimum atomic E-state index is -0.964. The fourth-order valence-electron chi connectivity index (χ4n) is 7.73. The number of carbonyl (C=O) groups is 3. The first-order valence-electron chi connectivity index (χ1n) is 14.5. The molecule has 6 atom stereocenters. The van der Waals surface area contributed by atoms with Crippen LogP contribution in [0.3, 0.4) is 0 Å². The van der Waals surface area contributed by atoms with Crippen LogP contribution in [0, 0.1) is 34.5 Å². The van der Waals surface area contributed by atoms with E-state index in [2.05, 4.69) is 27.7 Å². The highest BCUT2D eigenvalue weighted by atomic mass is 16.7. The van der Waals surface area contributed by atoms with Crippen LogP contribution in [0.25, 0.3) is 0 Å². The van der Waals surface area contributed by atoms with Crippen LogP contribution in [0.1, 0.15) is 99.8 Å². The molecule has 3 unspecified atom stereocenters. The van der Waals surface area contributed by atoms with Crippen LogP contribution < -0.4 is 0 Å². The van der Waals surface area contributed by atoms with E-state index in [9.17, 15) is 14.4 Å². The van der Waals surface area contributed by atoms with Gasteiger partial charge in [0.15, 0.2) is 0 Å². The normalized spacial score (nSPS) is 30.0. The van der Waals surface area contributed by atoms with Crippen molar-refractivity contribution >= 4 is 17.9 Å². The zero-order valence-corrected chi connectivity index (χ0v) is 25.1. The topological polar surface area (TPSA) is 97.4 Å². The maximum atomic E-state index is 13.3. The van der Waals surface area contributed by atoms with Crippen molar-refractivity contribution in [3.8, 4) is 0 Å². The molecule has 38 heavy (non-hydrogen) atoms. The first-order chi connectivity index (χ1) is 17.9. The van der Waals surface area contributed by atoms with E-state index in [0.717, 1.165) is 25.7 Å². The molecule has 8 nitrogen and oxygen atoms in total. The Bertz CT molecular complexity index is 795. The zero-order chi connectivity index (χ0) is 28.6. The Balaban J connectivity index is 2.44. The SMILES string of the molecule is CCOC(=O)CC(C(=O)OCC)C(CC[C@H]1[C@](C)(OCOC)CCC2C(C)(C)CCC[C@@]21C)C(=O)OCC. The summed E-state index contributed by atoms with van der Waals surface area (Å²) in [5.74, 6) is -2.69. The molecule has 220 valence electrons. The van der Waals surface area contributed by atoms with Gasteiger partial charge in [0.1, 0.15) is 6.79 Å². The summed E-state index contributed by atoms with van der Waals surface area (Å²) < 4.78 is 27.6. The summed E-state index contributed by atoms with van der Waals surface area (Å²) in [6, 6.07) is 0. The molecular weight excluding hydrogens is 488 g/mol. The molecular formula is C30H52O8. The van der Waals surface area contributed by atoms with Crippen molar-refractivity contribution in [1.29, 1.82) is 0 Å². The number of fused-ring (bicyclic) bond motifs is 1. The molecule has 2 aliphatic carbocycles. The van der Waals surface area contributed by atoms with Crippen LogP contribution in [0.5, 0.6) is 0 Å². The maximum Gasteiger partial charge on any atom is 0.310 e. The van der Waals surface area contributed by atoms with Gasteiger partial charge in [0.25, 0.3) is 0 Å². The number of carbonyl (C=O) groups excluding carboxylic acids is 3. The Morgan fingerprint density at radius 3 is 2.03 bits per heavy atom. The monoisotopic (exact) mass is 540 g/mol. The van der Waals surface area contributed by atoms with Crippen LogP contribution in [0.4, 0.5) is 0 Å². The van der Waals surface area contributed by atoms with Crippen molar-refractivity contribution in [1.82, 2.24) is 0 Å². The second-order valence-corrected chi connectivity index (χ2v) is 12.2. The maximum absolute atomic E-state index is 13.3. The van der Waals surface area contributed by atoms with Gasteiger partial charge in [-0.3, -0.25) is 14.4 Å². The van der Waals surface area contributed by atoms with Gasteiger partial charge in [-0.2, -0.15) is 0 Å². The molecule has 0 aromatic heterocycles. The molecule has 8 heteroatoms. The van der Waals surface area contributed by atoms with E-state index < -0.39 is 35.3 Å². The van der Waals surface area contributed by atoms with Gasteiger partial charge in [-0.1, -0.05) is 27.2 Å². The highest BCUT2D eigenvalue weighted by Gasteiger charge is 2.59. The summed E-state index contributed by atoms with van der Waals surface area (Å²) in [6.45, 7) is 15.2. The molecule has 0 spiro atoms. The molecule has 0 radical (unpaired) electrons. The second-order valence-electron chi connectivity index (χ2n) is 12.2. The lowest BCUT2D eigenvalue weighted by Gasteiger charge is -2.62. The van der Waals surface area contributed by atoms with Crippen LogP contribution in [0.2, 0.25) is 0 Å². The fourth-order valence-corrected chi connectivity index (χ4v) is 7.73. The molecule has 2 rings (SSSR count). The van der Waals surface area contributed by atoms with Crippen LogP contribution >= 0.6 is 0 Å². The number of hydrogen-bond donors (Lipinski definition) is 0. The number of esters is 3. The Hall–Kier alpha value is -1.67. The van der Waals surface area contributed by atoms with Gasteiger partial charge in [-0.25, -0.2) is 0 Å². The van der Waals surface area contributed by atoms with Gasteiger partial charge >= 0.3 is 17.9 Å². The lowest BCUT2D eigenvalue weighted by molar-refractivity contribution is -0.222. The van der Waals surface area contributed by atoms with Crippen LogP contribution in [-0.2, 0) is 38.1 Å². The Labute approximate surface area is 229 Å². The van der Waals surface area contributed by atoms with Crippen LogP contribution in [0.15, 0.2) is 0 Å². The van der Waals surface area contributed by atoms with Gasteiger partial charge in [0.2, 0.25) is 0 Å². The number of hydrogen-bond acceptors (Lipinski definition) is 8. The average molecular weight is 541 g/mol. The summed E-state index contributed by atoms with van der Waals surface area (Å²) >= 11 is 0. The summed E-state index contributed by atoms with van der Waals surface area (Å²) in [5.41, 5.74) is -0.220. The predicted octanol–water partition coefficient (Wildman–Crippen LogP) is 5.70. The smallest absolute Gasteiger partial charge is 0.310 e. The predicted molar refractivity (Wildman–Crippen MR) is 144 cm³/mol. The lowest BCUT2D eigenvalue weighted by atomic mass is 9.45.